The van der Waals surface area contributed by atoms with E-state index in [-0.39, 0.29) is 5.91 Å². The fourth-order valence-corrected chi connectivity index (χ4v) is 3.64. The normalized spacial score (nSPS) is 15.4. The molecule has 0 spiro atoms. The Morgan fingerprint density at radius 2 is 2.14 bits per heavy atom. The zero-order valence-electron chi connectivity index (χ0n) is 13.0. The van der Waals surface area contributed by atoms with Gasteiger partial charge < -0.3 is 9.47 Å². The molecule has 0 aliphatic carbocycles. The monoisotopic (exact) mass is 293 g/mol. The lowest BCUT2D eigenvalue weighted by Crippen LogP contribution is -2.28. The number of pyridine rings is 1. The molecule has 4 nitrogen and oxygen atoms in total. The average molecular weight is 293 g/mol. The van der Waals surface area contributed by atoms with Crippen LogP contribution in [-0.2, 0) is 13.0 Å². The maximum absolute atomic E-state index is 12.8. The number of carbonyl (C=O) groups excluding carboxylic acids is 1. The summed E-state index contributed by atoms with van der Waals surface area (Å²) in [7, 11) is 1.89. The molecule has 0 saturated heterocycles. The Labute approximate surface area is 129 Å². The van der Waals surface area contributed by atoms with Crippen molar-refractivity contribution in [3.63, 3.8) is 0 Å². The number of carbonyl (C=O) groups is 1. The standard InChI is InChI=1S/C18H19N3O/c1-3-21-16-14(9-8-12-6-4-10-19-15(12)16)13-7-5-11-20(2)18(22)17(13)21/h4,6,8-10H,3,5,7,11H2,1-2H3. The van der Waals surface area contributed by atoms with Gasteiger partial charge in [0.25, 0.3) is 5.91 Å². The molecule has 0 radical (unpaired) electrons. The first-order valence-corrected chi connectivity index (χ1v) is 7.86. The van der Waals surface area contributed by atoms with E-state index in [1.807, 2.05) is 24.2 Å². The highest BCUT2D eigenvalue weighted by atomic mass is 16.2. The van der Waals surface area contributed by atoms with Crippen LogP contribution in [-0.4, -0.2) is 34.0 Å². The number of benzene rings is 1. The quantitative estimate of drug-likeness (QED) is 0.691. The van der Waals surface area contributed by atoms with Gasteiger partial charge in [-0.05, 0) is 31.4 Å². The second-order valence-electron chi connectivity index (χ2n) is 5.94. The predicted molar refractivity (Wildman–Crippen MR) is 88.2 cm³/mol. The van der Waals surface area contributed by atoms with Gasteiger partial charge in [0.1, 0.15) is 5.69 Å². The zero-order chi connectivity index (χ0) is 15.3. The average Bonchev–Trinajstić information content (AvgIpc) is 2.80. The summed E-state index contributed by atoms with van der Waals surface area (Å²) in [6.07, 6.45) is 3.79. The molecule has 3 heterocycles. The summed E-state index contributed by atoms with van der Waals surface area (Å²) >= 11 is 0. The molecule has 0 N–H and O–H groups in total. The molecule has 4 rings (SSSR count). The summed E-state index contributed by atoms with van der Waals surface area (Å²) in [4.78, 5) is 19.2. The summed E-state index contributed by atoms with van der Waals surface area (Å²) in [5.41, 5.74) is 4.15. The predicted octanol–water partition coefficient (Wildman–Crippen LogP) is 3.23. The van der Waals surface area contributed by atoms with Crippen LogP contribution >= 0.6 is 0 Å². The highest BCUT2D eigenvalue weighted by Crippen LogP contribution is 2.34. The Balaban J connectivity index is 2.17. The number of rotatable bonds is 1. The first kappa shape index (κ1) is 13.3. The fraction of sp³-hybridized carbons (Fsp3) is 0.333. The number of aromatic nitrogens is 2. The minimum absolute atomic E-state index is 0.134. The van der Waals surface area contributed by atoms with Gasteiger partial charge in [-0.2, -0.15) is 0 Å². The first-order chi connectivity index (χ1) is 10.7. The van der Waals surface area contributed by atoms with Crippen LogP contribution in [0.4, 0.5) is 0 Å². The number of nitrogens with zero attached hydrogens (tertiary/aromatic N) is 3. The van der Waals surface area contributed by atoms with Crippen LogP contribution in [0.1, 0.15) is 29.4 Å². The number of aryl methyl sites for hydroxylation is 2. The van der Waals surface area contributed by atoms with Gasteiger partial charge in [-0.1, -0.05) is 18.2 Å². The maximum Gasteiger partial charge on any atom is 0.270 e. The molecule has 3 aromatic rings. The molecule has 0 atom stereocenters. The molecular weight excluding hydrogens is 274 g/mol. The van der Waals surface area contributed by atoms with Gasteiger partial charge in [0.05, 0.1) is 11.0 Å². The van der Waals surface area contributed by atoms with E-state index in [9.17, 15) is 4.79 Å². The summed E-state index contributed by atoms with van der Waals surface area (Å²) in [5.74, 6) is 0.134. The van der Waals surface area contributed by atoms with Crippen molar-refractivity contribution in [3.05, 3.63) is 41.7 Å². The number of fused-ring (bicyclic) bond motifs is 5. The van der Waals surface area contributed by atoms with E-state index in [1.165, 1.54) is 10.9 Å². The van der Waals surface area contributed by atoms with Crippen molar-refractivity contribution in [1.29, 1.82) is 0 Å². The van der Waals surface area contributed by atoms with E-state index in [2.05, 4.69) is 34.7 Å². The van der Waals surface area contributed by atoms with Crippen molar-refractivity contribution < 1.29 is 4.79 Å². The third-order valence-electron chi connectivity index (χ3n) is 4.68. The minimum atomic E-state index is 0.134. The summed E-state index contributed by atoms with van der Waals surface area (Å²) in [6, 6.07) is 8.30. The van der Waals surface area contributed by atoms with Crippen molar-refractivity contribution in [1.82, 2.24) is 14.5 Å². The first-order valence-electron chi connectivity index (χ1n) is 7.86. The van der Waals surface area contributed by atoms with Gasteiger partial charge in [-0.3, -0.25) is 9.78 Å². The number of amides is 1. The topological polar surface area (TPSA) is 38.1 Å². The van der Waals surface area contributed by atoms with Gasteiger partial charge in [-0.25, -0.2) is 0 Å². The molecule has 2 aromatic heterocycles. The summed E-state index contributed by atoms with van der Waals surface area (Å²) < 4.78 is 2.16. The van der Waals surface area contributed by atoms with Crippen LogP contribution in [0, 0.1) is 0 Å². The van der Waals surface area contributed by atoms with Crippen molar-refractivity contribution >= 4 is 27.7 Å². The lowest BCUT2D eigenvalue weighted by atomic mass is 10.0. The molecule has 1 aliphatic rings. The van der Waals surface area contributed by atoms with Crippen LogP contribution in [0.15, 0.2) is 30.5 Å². The zero-order valence-corrected chi connectivity index (χ0v) is 13.0. The third kappa shape index (κ3) is 1.70. The lowest BCUT2D eigenvalue weighted by Gasteiger charge is -2.16. The SMILES string of the molecule is CCn1c2c(c3ccc4cccnc4c31)CCCN(C)C2=O. The Kier molecular flexibility index (Phi) is 2.93. The molecule has 0 unspecified atom stereocenters. The molecule has 0 bridgehead atoms. The molecule has 0 fully saturated rings. The van der Waals surface area contributed by atoms with Crippen LogP contribution in [0.3, 0.4) is 0 Å². The minimum Gasteiger partial charge on any atom is -0.340 e. The van der Waals surface area contributed by atoms with Gasteiger partial charge in [-0.15, -0.1) is 0 Å². The van der Waals surface area contributed by atoms with E-state index in [0.717, 1.165) is 48.0 Å². The van der Waals surface area contributed by atoms with E-state index in [1.54, 1.807) is 0 Å². The fourth-order valence-electron chi connectivity index (χ4n) is 3.64. The molecule has 22 heavy (non-hydrogen) atoms. The van der Waals surface area contributed by atoms with Crippen LogP contribution in [0.2, 0.25) is 0 Å². The Morgan fingerprint density at radius 3 is 2.95 bits per heavy atom. The largest absolute Gasteiger partial charge is 0.340 e. The second-order valence-corrected chi connectivity index (χ2v) is 5.94. The van der Waals surface area contributed by atoms with E-state index >= 15 is 0 Å². The van der Waals surface area contributed by atoms with Crippen LogP contribution in [0.25, 0.3) is 21.8 Å². The van der Waals surface area contributed by atoms with Crippen LogP contribution in [0.5, 0.6) is 0 Å². The van der Waals surface area contributed by atoms with Crippen molar-refractivity contribution in [2.24, 2.45) is 0 Å². The Hall–Kier alpha value is -2.36. The highest BCUT2D eigenvalue weighted by Gasteiger charge is 2.27. The smallest absolute Gasteiger partial charge is 0.270 e. The molecule has 1 aromatic carbocycles. The van der Waals surface area contributed by atoms with Gasteiger partial charge in [0.2, 0.25) is 0 Å². The lowest BCUT2D eigenvalue weighted by molar-refractivity contribution is 0.0790. The summed E-state index contributed by atoms with van der Waals surface area (Å²) in [5, 5.41) is 2.31. The molecule has 1 amide bonds. The molecule has 4 heteroatoms. The second kappa shape index (κ2) is 4.83. The van der Waals surface area contributed by atoms with Crippen molar-refractivity contribution in [2.75, 3.05) is 13.6 Å². The van der Waals surface area contributed by atoms with Crippen LogP contribution < -0.4 is 0 Å². The molecular formula is C18H19N3O. The Morgan fingerprint density at radius 1 is 1.27 bits per heavy atom. The van der Waals surface area contributed by atoms with E-state index < -0.39 is 0 Å². The number of hydrogen-bond acceptors (Lipinski definition) is 2. The third-order valence-corrected chi connectivity index (χ3v) is 4.68. The van der Waals surface area contributed by atoms with Gasteiger partial charge in [0, 0.05) is 37.1 Å². The highest BCUT2D eigenvalue weighted by molar-refractivity contribution is 6.10. The molecule has 112 valence electrons. The van der Waals surface area contributed by atoms with Crippen molar-refractivity contribution in [2.45, 2.75) is 26.3 Å². The molecule has 0 saturated carbocycles. The number of hydrogen-bond donors (Lipinski definition) is 0. The molecule has 1 aliphatic heterocycles. The van der Waals surface area contributed by atoms with Gasteiger partial charge >= 0.3 is 0 Å². The van der Waals surface area contributed by atoms with E-state index in [4.69, 9.17) is 0 Å². The van der Waals surface area contributed by atoms with E-state index in [0.29, 0.717) is 0 Å². The Bertz CT molecular complexity index is 894. The van der Waals surface area contributed by atoms with Gasteiger partial charge in [0.15, 0.2) is 0 Å². The van der Waals surface area contributed by atoms with Crippen molar-refractivity contribution in [3.8, 4) is 0 Å². The summed E-state index contributed by atoms with van der Waals surface area (Å²) in [6.45, 7) is 3.70. The maximum atomic E-state index is 12.8.